The fourth-order valence-electron chi connectivity index (χ4n) is 1.47. The predicted octanol–water partition coefficient (Wildman–Crippen LogP) is 3.80. The SMILES string of the molecule is O=C(NCc1ccc(Cl)cc1Cl)[C@H]1CC1(Cl)Cl. The van der Waals surface area contributed by atoms with Crippen LogP contribution in [-0.4, -0.2) is 10.2 Å². The molecule has 0 aliphatic heterocycles. The van der Waals surface area contributed by atoms with Crippen molar-refractivity contribution in [1.82, 2.24) is 5.32 Å². The minimum Gasteiger partial charge on any atom is -0.352 e. The minimum atomic E-state index is -0.895. The second-order valence-electron chi connectivity index (χ2n) is 3.97. The van der Waals surface area contributed by atoms with E-state index in [9.17, 15) is 4.79 Å². The van der Waals surface area contributed by atoms with Crippen molar-refractivity contribution in [3.05, 3.63) is 33.8 Å². The van der Waals surface area contributed by atoms with Crippen molar-refractivity contribution in [1.29, 1.82) is 0 Å². The molecule has 0 bridgehead atoms. The molecule has 17 heavy (non-hydrogen) atoms. The van der Waals surface area contributed by atoms with Crippen LogP contribution in [0.15, 0.2) is 18.2 Å². The van der Waals surface area contributed by atoms with Crippen LogP contribution < -0.4 is 5.32 Å². The van der Waals surface area contributed by atoms with E-state index in [1.54, 1.807) is 18.2 Å². The first-order valence-corrected chi connectivity index (χ1v) is 6.51. The number of hydrogen-bond donors (Lipinski definition) is 1. The van der Waals surface area contributed by atoms with Crippen LogP contribution >= 0.6 is 46.4 Å². The minimum absolute atomic E-state index is 0.152. The zero-order valence-electron chi connectivity index (χ0n) is 8.64. The molecule has 0 radical (unpaired) electrons. The second-order valence-corrected chi connectivity index (χ2v) is 6.36. The van der Waals surface area contributed by atoms with E-state index < -0.39 is 4.33 Å². The largest absolute Gasteiger partial charge is 0.352 e. The van der Waals surface area contributed by atoms with Crippen LogP contribution in [0.5, 0.6) is 0 Å². The molecule has 1 aliphatic carbocycles. The van der Waals surface area contributed by atoms with E-state index >= 15 is 0 Å². The predicted molar refractivity (Wildman–Crippen MR) is 70.9 cm³/mol. The average molecular weight is 313 g/mol. The normalized spacial score (nSPS) is 21.1. The molecule has 1 N–H and O–H groups in total. The summed E-state index contributed by atoms with van der Waals surface area (Å²) in [5, 5.41) is 3.83. The topological polar surface area (TPSA) is 29.1 Å². The third-order valence-corrected chi connectivity index (χ3v) is 4.03. The molecule has 0 aromatic heterocycles. The molecule has 6 heteroatoms. The van der Waals surface area contributed by atoms with E-state index in [0.29, 0.717) is 23.0 Å². The van der Waals surface area contributed by atoms with Gasteiger partial charge in [-0.25, -0.2) is 0 Å². The lowest BCUT2D eigenvalue weighted by Gasteiger charge is -2.07. The molecule has 1 aromatic carbocycles. The van der Waals surface area contributed by atoms with Crippen molar-refractivity contribution in [3.8, 4) is 0 Å². The maximum Gasteiger partial charge on any atom is 0.226 e. The first-order chi connectivity index (χ1) is 7.90. The van der Waals surface area contributed by atoms with Gasteiger partial charge >= 0.3 is 0 Å². The molecular formula is C11H9Cl4NO. The van der Waals surface area contributed by atoms with E-state index in [-0.39, 0.29) is 11.8 Å². The van der Waals surface area contributed by atoms with Crippen molar-refractivity contribution in [2.75, 3.05) is 0 Å². The maximum atomic E-state index is 11.6. The highest BCUT2D eigenvalue weighted by atomic mass is 35.5. The van der Waals surface area contributed by atoms with Crippen LogP contribution in [0.4, 0.5) is 0 Å². The third-order valence-electron chi connectivity index (χ3n) is 2.61. The van der Waals surface area contributed by atoms with Crippen LogP contribution in [0.1, 0.15) is 12.0 Å². The summed E-state index contributed by atoms with van der Waals surface area (Å²) in [6.45, 7) is 0.342. The van der Waals surface area contributed by atoms with Crippen LogP contribution in [0.2, 0.25) is 10.0 Å². The Kier molecular flexibility index (Phi) is 3.79. The van der Waals surface area contributed by atoms with E-state index in [1.807, 2.05) is 0 Å². The summed E-state index contributed by atoms with van der Waals surface area (Å²) >= 11 is 23.3. The van der Waals surface area contributed by atoms with Crippen molar-refractivity contribution < 1.29 is 4.79 Å². The Morgan fingerprint density at radius 2 is 2.06 bits per heavy atom. The molecule has 0 heterocycles. The van der Waals surface area contributed by atoms with Crippen molar-refractivity contribution in [3.63, 3.8) is 0 Å². The van der Waals surface area contributed by atoms with E-state index in [0.717, 1.165) is 5.56 Å². The fraction of sp³-hybridized carbons (Fsp3) is 0.364. The van der Waals surface area contributed by atoms with Gasteiger partial charge in [0.15, 0.2) is 0 Å². The van der Waals surface area contributed by atoms with Gasteiger partial charge in [-0.3, -0.25) is 4.79 Å². The first-order valence-electron chi connectivity index (χ1n) is 4.99. The van der Waals surface area contributed by atoms with Gasteiger partial charge in [-0.2, -0.15) is 0 Å². The molecule has 1 saturated carbocycles. The van der Waals surface area contributed by atoms with Crippen LogP contribution in [0, 0.1) is 5.92 Å². The third kappa shape index (κ3) is 3.19. The highest BCUT2D eigenvalue weighted by molar-refractivity contribution is 6.52. The van der Waals surface area contributed by atoms with E-state index in [2.05, 4.69) is 5.32 Å². The summed E-state index contributed by atoms with van der Waals surface area (Å²) in [6, 6.07) is 5.13. The smallest absolute Gasteiger partial charge is 0.226 e. The molecule has 2 nitrogen and oxygen atoms in total. The zero-order valence-corrected chi connectivity index (χ0v) is 11.7. The average Bonchev–Trinajstić information content (AvgIpc) is 2.86. The number of hydrogen-bond acceptors (Lipinski definition) is 1. The van der Waals surface area contributed by atoms with Gasteiger partial charge in [0.1, 0.15) is 4.33 Å². The number of carbonyl (C=O) groups is 1. The van der Waals surface area contributed by atoms with Gasteiger partial charge in [0, 0.05) is 16.6 Å². The number of alkyl halides is 2. The zero-order chi connectivity index (χ0) is 12.6. The highest BCUT2D eigenvalue weighted by Crippen LogP contribution is 2.53. The quantitative estimate of drug-likeness (QED) is 0.845. The lowest BCUT2D eigenvalue weighted by Crippen LogP contribution is -2.26. The number of carbonyl (C=O) groups excluding carboxylic acids is 1. The lowest BCUT2D eigenvalue weighted by atomic mass is 10.2. The summed E-state index contributed by atoms with van der Waals surface area (Å²) < 4.78 is -0.895. The summed E-state index contributed by atoms with van der Waals surface area (Å²) in [4.78, 5) is 11.6. The molecule has 92 valence electrons. The molecule has 1 atom stereocenters. The first kappa shape index (κ1) is 13.3. The molecule has 1 fully saturated rings. The maximum absolute atomic E-state index is 11.6. The second kappa shape index (κ2) is 4.85. The Hall–Kier alpha value is -0.150. The number of benzene rings is 1. The molecule has 0 unspecified atom stereocenters. The van der Waals surface area contributed by atoms with Crippen molar-refractivity contribution in [2.24, 2.45) is 5.92 Å². The van der Waals surface area contributed by atoms with E-state index in [4.69, 9.17) is 46.4 Å². The van der Waals surface area contributed by atoms with Gasteiger partial charge in [0.05, 0.1) is 5.92 Å². The summed E-state index contributed by atoms with van der Waals surface area (Å²) in [5.41, 5.74) is 0.805. The summed E-state index contributed by atoms with van der Waals surface area (Å²) in [7, 11) is 0. The van der Waals surface area contributed by atoms with E-state index in [1.165, 1.54) is 0 Å². The molecule has 1 aliphatic rings. The number of amides is 1. The number of nitrogens with one attached hydrogen (secondary N) is 1. The van der Waals surface area contributed by atoms with Gasteiger partial charge in [-0.05, 0) is 24.1 Å². The number of rotatable bonds is 3. The Morgan fingerprint density at radius 1 is 1.41 bits per heavy atom. The fourth-order valence-corrected chi connectivity index (χ4v) is 2.45. The van der Waals surface area contributed by atoms with Crippen molar-refractivity contribution in [2.45, 2.75) is 17.3 Å². The Bertz CT molecular complexity index is 461. The van der Waals surface area contributed by atoms with Gasteiger partial charge in [0.25, 0.3) is 0 Å². The number of halogens is 4. The molecule has 0 saturated heterocycles. The van der Waals surface area contributed by atoms with Gasteiger partial charge in [0.2, 0.25) is 5.91 Å². The summed E-state index contributed by atoms with van der Waals surface area (Å²) in [5.74, 6) is -0.474. The van der Waals surface area contributed by atoms with Gasteiger partial charge in [-0.15, -0.1) is 23.2 Å². The van der Waals surface area contributed by atoms with Crippen molar-refractivity contribution >= 4 is 52.3 Å². The van der Waals surface area contributed by atoms with Crippen LogP contribution in [0.3, 0.4) is 0 Å². The van der Waals surface area contributed by atoms with Crippen LogP contribution in [-0.2, 0) is 11.3 Å². The Balaban J connectivity index is 1.92. The molecular weight excluding hydrogens is 304 g/mol. The monoisotopic (exact) mass is 311 g/mol. The Labute approximate surface area is 119 Å². The molecule has 1 amide bonds. The Morgan fingerprint density at radius 3 is 2.59 bits per heavy atom. The lowest BCUT2D eigenvalue weighted by molar-refractivity contribution is -0.122. The van der Waals surface area contributed by atoms with Gasteiger partial charge in [-0.1, -0.05) is 29.3 Å². The molecule has 2 rings (SSSR count). The van der Waals surface area contributed by atoms with Gasteiger partial charge < -0.3 is 5.32 Å². The molecule has 0 spiro atoms. The summed E-state index contributed by atoms with van der Waals surface area (Å²) in [6.07, 6.45) is 0.496. The molecule has 1 aromatic rings. The standard InChI is InChI=1S/C11H9Cl4NO/c12-7-2-1-6(9(13)3-7)5-16-10(17)8-4-11(8,14)15/h1-3,8H,4-5H2,(H,16,17)/t8-/m1/s1. The van der Waals surface area contributed by atoms with Crippen LogP contribution in [0.25, 0.3) is 0 Å². The highest BCUT2D eigenvalue weighted by Gasteiger charge is 2.56.